The Balaban J connectivity index is 1.80. The van der Waals surface area contributed by atoms with Gasteiger partial charge in [0.25, 0.3) is 5.91 Å². The maximum atomic E-state index is 11.9. The summed E-state index contributed by atoms with van der Waals surface area (Å²) >= 11 is 0. The smallest absolute Gasteiger partial charge is 0.251 e. The lowest BCUT2D eigenvalue weighted by Crippen LogP contribution is -2.26. The number of hydrogen-bond donors (Lipinski definition) is 3. The van der Waals surface area contributed by atoms with Crippen LogP contribution in [0.2, 0.25) is 0 Å². The zero-order valence-electron chi connectivity index (χ0n) is 13.5. The molecule has 2 rings (SSSR count). The van der Waals surface area contributed by atoms with Crippen LogP contribution in [0.1, 0.15) is 27.9 Å². The number of anilines is 1. The lowest BCUT2D eigenvalue weighted by Gasteiger charge is -2.09. The number of aliphatic hydroxyl groups excluding tert-OH is 1. The van der Waals surface area contributed by atoms with Gasteiger partial charge in [-0.3, -0.25) is 4.79 Å². The van der Waals surface area contributed by atoms with Crippen LogP contribution in [0.25, 0.3) is 0 Å². The molecule has 3 N–H and O–H groups in total. The molecular formula is C19H24N2O2. The van der Waals surface area contributed by atoms with Crippen molar-refractivity contribution in [2.75, 3.05) is 25.0 Å². The Hall–Kier alpha value is -2.33. The molecule has 0 radical (unpaired) electrons. The average molecular weight is 312 g/mol. The first kappa shape index (κ1) is 17.0. The average Bonchev–Trinajstić information content (AvgIpc) is 2.57. The minimum absolute atomic E-state index is 0.0529. The van der Waals surface area contributed by atoms with Crippen LogP contribution >= 0.6 is 0 Å². The lowest BCUT2D eigenvalue weighted by molar-refractivity contribution is 0.0945. The van der Waals surface area contributed by atoms with Gasteiger partial charge >= 0.3 is 0 Å². The number of benzene rings is 2. The third-order valence-electron chi connectivity index (χ3n) is 3.58. The van der Waals surface area contributed by atoms with Crippen LogP contribution in [0.3, 0.4) is 0 Å². The van der Waals surface area contributed by atoms with Gasteiger partial charge in [-0.2, -0.15) is 0 Å². The number of aliphatic hydroxyl groups is 1. The number of hydrogen-bond acceptors (Lipinski definition) is 3. The summed E-state index contributed by atoms with van der Waals surface area (Å²) in [5.41, 5.74) is 4.18. The summed E-state index contributed by atoms with van der Waals surface area (Å²) in [6.45, 7) is 3.18. The predicted molar refractivity (Wildman–Crippen MR) is 93.9 cm³/mol. The Kier molecular flexibility index (Phi) is 6.63. The van der Waals surface area contributed by atoms with Gasteiger partial charge in [0.05, 0.1) is 6.61 Å². The van der Waals surface area contributed by atoms with E-state index in [-0.39, 0.29) is 19.1 Å². The van der Waals surface area contributed by atoms with E-state index in [9.17, 15) is 4.79 Å². The van der Waals surface area contributed by atoms with Crippen LogP contribution in [0.15, 0.2) is 48.5 Å². The number of rotatable bonds is 8. The molecule has 23 heavy (non-hydrogen) atoms. The fourth-order valence-electron chi connectivity index (χ4n) is 2.43. The lowest BCUT2D eigenvalue weighted by atomic mass is 10.1. The second kappa shape index (κ2) is 8.96. The van der Waals surface area contributed by atoms with E-state index < -0.39 is 0 Å². The second-order valence-electron chi connectivity index (χ2n) is 5.58. The summed E-state index contributed by atoms with van der Waals surface area (Å²) in [5.74, 6) is -0.164. The topological polar surface area (TPSA) is 61.4 Å². The molecule has 4 nitrogen and oxygen atoms in total. The van der Waals surface area contributed by atoms with E-state index in [1.165, 1.54) is 11.1 Å². The molecule has 0 saturated heterocycles. The van der Waals surface area contributed by atoms with Crippen LogP contribution in [-0.2, 0) is 6.42 Å². The Morgan fingerprint density at radius 3 is 2.70 bits per heavy atom. The highest BCUT2D eigenvalue weighted by Crippen LogP contribution is 2.12. The highest BCUT2D eigenvalue weighted by Gasteiger charge is 2.05. The van der Waals surface area contributed by atoms with Gasteiger partial charge in [0.2, 0.25) is 0 Å². The van der Waals surface area contributed by atoms with Crippen LogP contribution in [0, 0.1) is 6.92 Å². The molecule has 0 aliphatic carbocycles. The van der Waals surface area contributed by atoms with E-state index >= 15 is 0 Å². The van der Waals surface area contributed by atoms with E-state index in [4.69, 9.17) is 5.11 Å². The molecule has 0 saturated carbocycles. The van der Waals surface area contributed by atoms with E-state index in [1.54, 1.807) is 6.07 Å². The Morgan fingerprint density at radius 2 is 1.91 bits per heavy atom. The fraction of sp³-hybridized carbons (Fsp3) is 0.316. The molecule has 4 heteroatoms. The monoisotopic (exact) mass is 312 g/mol. The molecule has 1 amide bonds. The number of carbonyl (C=O) groups is 1. The summed E-state index contributed by atoms with van der Waals surface area (Å²) in [6, 6.07) is 16.0. The molecule has 0 aliphatic heterocycles. The van der Waals surface area contributed by atoms with Crippen molar-refractivity contribution in [1.82, 2.24) is 5.32 Å². The van der Waals surface area contributed by atoms with Crippen molar-refractivity contribution in [2.45, 2.75) is 19.8 Å². The largest absolute Gasteiger partial charge is 0.395 e. The van der Waals surface area contributed by atoms with Crippen molar-refractivity contribution in [2.24, 2.45) is 0 Å². The van der Waals surface area contributed by atoms with Gasteiger partial charge in [0.1, 0.15) is 0 Å². The minimum Gasteiger partial charge on any atom is -0.395 e. The number of carbonyl (C=O) groups excluding carboxylic acids is 1. The van der Waals surface area contributed by atoms with Gasteiger partial charge < -0.3 is 15.7 Å². The standard InChI is InChI=1S/C19H24N2O2/c1-15-5-2-6-16(13-15)7-4-10-20-18-9-3-8-17(14-18)19(23)21-11-12-22/h2-3,5-6,8-9,13-14,20,22H,4,7,10-12H2,1H3,(H,21,23). The molecule has 0 aromatic heterocycles. The van der Waals surface area contributed by atoms with Gasteiger partial charge in [-0.25, -0.2) is 0 Å². The van der Waals surface area contributed by atoms with Crippen LogP contribution < -0.4 is 10.6 Å². The van der Waals surface area contributed by atoms with Gasteiger partial charge in [-0.1, -0.05) is 35.9 Å². The Bertz CT molecular complexity index is 641. The number of nitrogens with one attached hydrogen (secondary N) is 2. The third kappa shape index (κ3) is 5.75. The minimum atomic E-state index is -0.164. The molecular weight excluding hydrogens is 288 g/mol. The predicted octanol–water partition coefficient (Wildman–Crippen LogP) is 2.76. The summed E-state index contributed by atoms with van der Waals surface area (Å²) in [6.07, 6.45) is 2.07. The van der Waals surface area contributed by atoms with Gasteiger partial charge in [0.15, 0.2) is 0 Å². The molecule has 0 fully saturated rings. The van der Waals surface area contributed by atoms with Gasteiger partial charge in [-0.15, -0.1) is 0 Å². The Morgan fingerprint density at radius 1 is 1.09 bits per heavy atom. The van der Waals surface area contributed by atoms with E-state index in [0.29, 0.717) is 5.56 Å². The highest BCUT2D eigenvalue weighted by molar-refractivity contribution is 5.95. The van der Waals surface area contributed by atoms with Crippen molar-refractivity contribution in [3.8, 4) is 0 Å². The first-order chi connectivity index (χ1) is 11.2. The van der Waals surface area contributed by atoms with Crippen LogP contribution in [0.5, 0.6) is 0 Å². The van der Waals surface area contributed by atoms with Crippen LogP contribution in [-0.4, -0.2) is 30.7 Å². The normalized spacial score (nSPS) is 10.3. The molecule has 122 valence electrons. The van der Waals surface area contributed by atoms with Crippen molar-refractivity contribution in [3.63, 3.8) is 0 Å². The second-order valence-corrected chi connectivity index (χ2v) is 5.58. The zero-order valence-corrected chi connectivity index (χ0v) is 13.5. The number of aryl methyl sites for hydroxylation is 2. The molecule has 0 heterocycles. The van der Waals surface area contributed by atoms with E-state index in [0.717, 1.165) is 25.1 Å². The maximum Gasteiger partial charge on any atom is 0.251 e. The highest BCUT2D eigenvalue weighted by atomic mass is 16.3. The third-order valence-corrected chi connectivity index (χ3v) is 3.58. The van der Waals surface area contributed by atoms with Crippen molar-refractivity contribution < 1.29 is 9.90 Å². The molecule has 0 spiro atoms. The molecule has 0 aliphatic rings. The summed E-state index contributed by atoms with van der Waals surface area (Å²) < 4.78 is 0. The van der Waals surface area contributed by atoms with Crippen molar-refractivity contribution >= 4 is 11.6 Å². The molecule has 0 atom stereocenters. The maximum absolute atomic E-state index is 11.9. The number of amides is 1. The van der Waals surface area contributed by atoms with Crippen molar-refractivity contribution in [3.05, 3.63) is 65.2 Å². The SMILES string of the molecule is Cc1cccc(CCCNc2cccc(C(=O)NCCO)c2)c1. The summed E-state index contributed by atoms with van der Waals surface area (Å²) in [4.78, 5) is 11.9. The van der Waals surface area contributed by atoms with E-state index in [1.807, 2.05) is 18.2 Å². The van der Waals surface area contributed by atoms with Crippen LogP contribution in [0.4, 0.5) is 5.69 Å². The Labute approximate surface area is 137 Å². The summed E-state index contributed by atoms with van der Waals surface area (Å²) in [7, 11) is 0. The summed E-state index contributed by atoms with van der Waals surface area (Å²) in [5, 5.41) is 14.7. The van der Waals surface area contributed by atoms with Crippen molar-refractivity contribution in [1.29, 1.82) is 0 Å². The van der Waals surface area contributed by atoms with Gasteiger partial charge in [-0.05, 0) is 43.5 Å². The first-order valence-corrected chi connectivity index (χ1v) is 7.97. The molecule has 0 unspecified atom stereocenters. The van der Waals surface area contributed by atoms with E-state index in [2.05, 4.69) is 41.8 Å². The fourth-order valence-corrected chi connectivity index (χ4v) is 2.43. The quantitative estimate of drug-likeness (QED) is 0.657. The first-order valence-electron chi connectivity index (χ1n) is 7.97. The molecule has 0 bridgehead atoms. The van der Waals surface area contributed by atoms with Gasteiger partial charge in [0, 0.05) is 24.3 Å². The molecule has 2 aromatic rings. The molecule has 2 aromatic carbocycles. The zero-order chi connectivity index (χ0) is 16.5.